The Morgan fingerprint density at radius 3 is 2.96 bits per heavy atom. The molecule has 0 saturated carbocycles. The maximum Gasteiger partial charge on any atom is 0.241 e. The summed E-state index contributed by atoms with van der Waals surface area (Å²) in [6.07, 6.45) is 2.94. The van der Waals surface area contributed by atoms with Crippen molar-refractivity contribution in [2.45, 2.75) is 18.5 Å². The van der Waals surface area contributed by atoms with E-state index in [4.69, 9.17) is 0 Å². The second kappa shape index (κ2) is 6.27. The van der Waals surface area contributed by atoms with Gasteiger partial charge in [-0.25, -0.2) is 0 Å². The summed E-state index contributed by atoms with van der Waals surface area (Å²) in [5.74, 6) is 0.199. The first-order valence-electron chi connectivity index (χ1n) is 8.32. The minimum Gasteiger partial charge on any atom is -0.309 e. The van der Waals surface area contributed by atoms with Crippen LogP contribution in [-0.2, 0) is 11.3 Å². The van der Waals surface area contributed by atoms with Crippen LogP contribution in [0, 0.1) is 0 Å². The Hall–Kier alpha value is -1.76. The van der Waals surface area contributed by atoms with E-state index in [1.54, 1.807) is 11.3 Å². The Kier molecular flexibility index (Phi) is 4.12. The number of amides is 1. The van der Waals surface area contributed by atoms with Crippen molar-refractivity contribution in [1.82, 2.24) is 14.8 Å². The Morgan fingerprint density at radius 1 is 1.29 bits per heavy atom. The number of piperazine rings is 1. The van der Waals surface area contributed by atoms with E-state index in [-0.39, 0.29) is 11.4 Å². The van der Waals surface area contributed by atoms with Gasteiger partial charge in [0.1, 0.15) is 0 Å². The number of carbonyl (C=O) groups is 1. The average molecular weight is 342 g/mol. The molecule has 1 spiro atoms. The van der Waals surface area contributed by atoms with Crippen molar-refractivity contribution >= 4 is 22.9 Å². The van der Waals surface area contributed by atoms with Crippen LogP contribution in [0.2, 0.25) is 0 Å². The fourth-order valence-electron chi connectivity index (χ4n) is 3.84. The highest BCUT2D eigenvalue weighted by atomic mass is 32.1. The van der Waals surface area contributed by atoms with Crippen molar-refractivity contribution in [3.63, 3.8) is 0 Å². The standard InChI is InChI=1S/C18H22N4OS/c1-20-11-17(23)22(16-5-9-24-12-16)14-18(20)6-8-21(13-18)10-15-4-2-3-7-19-15/h2-5,7,9,12H,6,8,10-11,13-14H2,1H3. The van der Waals surface area contributed by atoms with Gasteiger partial charge in [0.25, 0.3) is 0 Å². The highest BCUT2D eigenvalue weighted by Crippen LogP contribution is 2.34. The second-order valence-corrected chi connectivity index (χ2v) is 7.60. The van der Waals surface area contributed by atoms with E-state index < -0.39 is 0 Å². The molecule has 6 heteroatoms. The Bertz CT molecular complexity index is 705. The second-order valence-electron chi connectivity index (χ2n) is 6.82. The van der Waals surface area contributed by atoms with Crippen LogP contribution in [0.3, 0.4) is 0 Å². The first kappa shape index (κ1) is 15.7. The summed E-state index contributed by atoms with van der Waals surface area (Å²) in [6.45, 7) is 4.18. The van der Waals surface area contributed by atoms with Crippen LogP contribution in [0.25, 0.3) is 0 Å². The monoisotopic (exact) mass is 342 g/mol. The van der Waals surface area contributed by atoms with Gasteiger partial charge in [0.05, 0.1) is 23.5 Å². The summed E-state index contributed by atoms with van der Waals surface area (Å²) in [5, 5.41) is 4.10. The number of rotatable bonds is 3. The molecule has 0 N–H and O–H groups in total. The zero-order chi connectivity index (χ0) is 16.6. The molecule has 2 fully saturated rings. The average Bonchev–Trinajstić information content (AvgIpc) is 3.23. The van der Waals surface area contributed by atoms with Gasteiger partial charge in [0.15, 0.2) is 0 Å². The number of pyridine rings is 1. The molecule has 5 nitrogen and oxygen atoms in total. The lowest BCUT2D eigenvalue weighted by Crippen LogP contribution is -2.64. The largest absolute Gasteiger partial charge is 0.309 e. The van der Waals surface area contributed by atoms with E-state index >= 15 is 0 Å². The lowest BCUT2D eigenvalue weighted by atomic mass is 9.93. The summed E-state index contributed by atoms with van der Waals surface area (Å²) < 4.78 is 0. The number of likely N-dealkylation sites (tertiary alicyclic amines) is 1. The Balaban J connectivity index is 1.50. The van der Waals surface area contributed by atoms with Crippen LogP contribution >= 0.6 is 11.3 Å². The predicted octanol–water partition coefficient (Wildman–Crippen LogP) is 2.07. The first-order valence-corrected chi connectivity index (χ1v) is 9.27. The molecule has 24 heavy (non-hydrogen) atoms. The molecule has 126 valence electrons. The van der Waals surface area contributed by atoms with E-state index in [1.807, 2.05) is 34.7 Å². The van der Waals surface area contributed by atoms with Gasteiger partial charge in [0.2, 0.25) is 5.91 Å². The van der Waals surface area contributed by atoms with E-state index in [0.717, 1.165) is 44.0 Å². The van der Waals surface area contributed by atoms with Gasteiger partial charge < -0.3 is 4.90 Å². The van der Waals surface area contributed by atoms with Crippen LogP contribution in [0.5, 0.6) is 0 Å². The highest BCUT2D eigenvalue weighted by molar-refractivity contribution is 7.08. The molecule has 2 aliphatic rings. The van der Waals surface area contributed by atoms with E-state index in [9.17, 15) is 4.79 Å². The van der Waals surface area contributed by atoms with Crippen molar-refractivity contribution in [2.24, 2.45) is 0 Å². The van der Waals surface area contributed by atoms with Gasteiger partial charge in [0, 0.05) is 37.8 Å². The van der Waals surface area contributed by atoms with Gasteiger partial charge in [-0.15, -0.1) is 0 Å². The van der Waals surface area contributed by atoms with Crippen LogP contribution in [-0.4, -0.2) is 59.5 Å². The number of hydrogen-bond donors (Lipinski definition) is 0. The number of aromatic nitrogens is 1. The third kappa shape index (κ3) is 2.85. The first-order chi connectivity index (χ1) is 11.7. The number of thiophene rings is 1. The number of hydrogen-bond acceptors (Lipinski definition) is 5. The molecule has 2 aliphatic heterocycles. The number of anilines is 1. The molecule has 0 aliphatic carbocycles. The topological polar surface area (TPSA) is 39.7 Å². The summed E-state index contributed by atoms with van der Waals surface area (Å²) in [7, 11) is 2.09. The summed E-state index contributed by atoms with van der Waals surface area (Å²) in [6, 6.07) is 8.12. The molecule has 4 heterocycles. The third-order valence-electron chi connectivity index (χ3n) is 5.28. The molecule has 1 unspecified atom stereocenters. The van der Waals surface area contributed by atoms with Crippen molar-refractivity contribution < 1.29 is 4.79 Å². The van der Waals surface area contributed by atoms with E-state index in [1.165, 1.54) is 0 Å². The van der Waals surface area contributed by atoms with Gasteiger partial charge in [-0.05, 0) is 37.0 Å². The Labute approximate surface area is 146 Å². The van der Waals surface area contributed by atoms with E-state index in [2.05, 4.69) is 33.3 Å². The predicted molar refractivity (Wildman–Crippen MR) is 96.2 cm³/mol. The highest BCUT2D eigenvalue weighted by Gasteiger charge is 2.47. The van der Waals surface area contributed by atoms with Crippen molar-refractivity contribution in [3.8, 4) is 0 Å². The molecule has 1 amide bonds. The van der Waals surface area contributed by atoms with Crippen LogP contribution in [0.1, 0.15) is 12.1 Å². The SMILES string of the molecule is CN1CC(=O)N(c2ccsc2)CC12CCN(Cc1ccccn1)C2. The minimum absolute atomic E-state index is 0.0463. The molecule has 2 aromatic heterocycles. The van der Waals surface area contributed by atoms with Gasteiger partial charge in [-0.2, -0.15) is 11.3 Å². The lowest BCUT2D eigenvalue weighted by molar-refractivity contribution is -0.123. The normalized spacial score (nSPS) is 25.7. The summed E-state index contributed by atoms with van der Waals surface area (Å²) >= 11 is 1.64. The molecule has 0 bridgehead atoms. The van der Waals surface area contributed by atoms with Crippen molar-refractivity contribution in [1.29, 1.82) is 0 Å². The third-order valence-corrected chi connectivity index (χ3v) is 5.95. The molecular formula is C18H22N4OS. The molecule has 0 aromatic carbocycles. The smallest absolute Gasteiger partial charge is 0.241 e. The van der Waals surface area contributed by atoms with Gasteiger partial charge >= 0.3 is 0 Å². The minimum atomic E-state index is 0.0463. The van der Waals surface area contributed by atoms with E-state index in [0.29, 0.717) is 6.54 Å². The molecule has 1 atom stereocenters. The quantitative estimate of drug-likeness (QED) is 0.856. The van der Waals surface area contributed by atoms with Crippen LogP contribution in [0.15, 0.2) is 41.2 Å². The molecule has 4 rings (SSSR count). The van der Waals surface area contributed by atoms with Crippen molar-refractivity contribution in [3.05, 3.63) is 46.9 Å². The zero-order valence-corrected chi connectivity index (χ0v) is 14.7. The Morgan fingerprint density at radius 2 is 2.21 bits per heavy atom. The van der Waals surface area contributed by atoms with Crippen molar-refractivity contribution in [2.75, 3.05) is 38.1 Å². The summed E-state index contributed by atoms with van der Waals surface area (Å²) in [5.41, 5.74) is 2.20. The number of carbonyl (C=O) groups excluding carboxylic acids is 1. The molecule has 2 saturated heterocycles. The zero-order valence-electron chi connectivity index (χ0n) is 13.9. The maximum absolute atomic E-state index is 12.5. The lowest BCUT2D eigenvalue weighted by Gasteiger charge is -2.46. The van der Waals surface area contributed by atoms with Crippen LogP contribution < -0.4 is 4.90 Å². The maximum atomic E-state index is 12.5. The van der Waals surface area contributed by atoms with Crippen LogP contribution in [0.4, 0.5) is 5.69 Å². The van der Waals surface area contributed by atoms with Gasteiger partial charge in [-0.3, -0.25) is 19.6 Å². The fourth-order valence-corrected chi connectivity index (χ4v) is 4.48. The number of likely N-dealkylation sites (N-methyl/N-ethyl adjacent to an activating group) is 1. The molecule has 2 aromatic rings. The fraction of sp³-hybridized carbons (Fsp3) is 0.444. The summed E-state index contributed by atoms with van der Waals surface area (Å²) in [4.78, 5) is 23.6. The van der Waals surface area contributed by atoms with Gasteiger partial charge in [-0.1, -0.05) is 6.07 Å². The number of nitrogens with zero attached hydrogens (tertiary/aromatic N) is 4. The molecule has 0 radical (unpaired) electrons. The molecular weight excluding hydrogens is 320 g/mol.